The number of rotatable bonds is 4. The zero-order valence-electron chi connectivity index (χ0n) is 15.0. The minimum Gasteiger partial charge on any atom is -0.325 e. The number of nitrogens with one attached hydrogen (secondary N) is 2. The summed E-state index contributed by atoms with van der Waals surface area (Å²) in [5.74, 6) is 0.721. The number of benzene rings is 1. The summed E-state index contributed by atoms with van der Waals surface area (Å²) in [6.45, 7) is 6.21. The molecule has 25 heavy (non-hydrogen) atoms. The summed E-state index contributed by atoms with van der Waals surface area (Å²) in [6.07, 6.45) is 4.41. The van der Waals surface area contributed by atoms with E-state index in [4.69, 9.17) is 0 Å². The third-order valence-corrected chi connectivity index (χ3v) is 5.08. The van der Waals surface area contributed by atoms with Gasteiger partial charge in [-0.05, 0) is 56.8 Å². The molecule has 1 aromatic rings. The molecule has 136 valence electrons. The largest absolute Gasteiger partial charge is 0.325 e. The van der Waals surface area contributed by atoms with E-state index in [2.05, 4.69) is 22.5 Å². The Kier molecular flexibility index (Phi) is 5.91. The van der Waals surface area contributed by atoms with Crippen molar-refractivity contribution < 1.29 is 9.59 Å². The number of likely N-dealkylation sites (tertiary alicyclic amines) is 2. The van der Waals surface area contributed by atoms with Crippen LogP contribution in [0.25, 0.3) is 0 Å². The van der Waals surface area contributed by atoms with Crippen LogP contribution >= 0.6 is 0 Å². The quantitative estimate of drug-likeness (QED) is 0.882. The first-order valence-electron chi connectivity index (χ1n) is 9.29. The molecule has 3 amide bonds. The lowest BCUT2D eigenvalue weighted by Crippen LogP contribution is -2.39. The Morgan fingerprint density at radius 3 is 2.24 bits per heavy atom. The number of anilines is 2. The first-order valence-corrected chi connectivity index (χ1v) is 9.29. The predicted molar refractivity (Wildman–Crippen MR) is 99.7 cm³/mol. The highest BCUT2D eigenvalue weighted by molar-refractivity contribution is 5.99. The van der Waals surface area contributed by atoms with Crippen molar-refractivity contribution in [2.75, 3.05) is 43.4 Å². The van der Waals surface area contributed by atoms with Crippen molar-refractivity contribution in [1.29, 1.82) is 0 Å². The van der Waals surface area contributed by atoms with Crippen LogP contribution in [0.2, 0.25) is 0 Å². The summed E-state index contributed by atoms with van der Waals surface area (Å²) in [5.41, 5.74) is 1.31. The van der Waals surface area contributed by atoms with E-state index in [0.29, 0.717) is 17.9 Å². The smallest absolute Gasteiger partial charge is 0.321 e. The van der Waals surface area contributed by atoms with Gasteiger partial charge < -0.3 is 15.5 Å². The van der Waals surface area contributed by atoms with Crippen LogP contribution in [0.15, 0.2) is 24.3 Å². The third-order valence-electron chi connectivity index (χ3n) is 5.08. The van der Waals surface area contributed by atoms with Crippen molar-refractivity contribution >= 4 is 23.3 Å². The Labute approximate surface area is 149 Å². The molecule has 6 heteroatoms. The molecule has 2 heterocycles. The standard InChI is InChI=1S/C19H28N4O2/c1-15-8-12-22(13-9-15)14-18(24)20-16-6-2-3-7-17(16)21-19(25)23-10-4-5-11-23/h2-3,6-7,15H,4-5,8-14H2,1H3,(H,20,24)(H,21,25). The van der Waals surface area contributed by atoms with Crippen LogP contribution < -0.4 is 10.6 Å². The zero-order valence-corrected chi connectivity index (χ0v) is 15.0. The Balaban J connectivity index is 1.56. The molecule has 2 aliphatic rings. The number of amides is 3. The van der Waals surface area contributed by atoms with Gasteiger partial charge >= 0.3 is 6.03 Å². The van der Waals surface area contributed by atoms with E-state index in [1.54, 1.807) is 0 Å². The fourth-order valence-electron chi connectivity index (χ4n) is 3.43. The van der Waals surface area contributed by atoms with Gasteiger partial charge in [0, 0.05) is 13.1 Å². The van der Waals surface area contributed by atoms with Crippen molar-refractivity contribution in [3.05, 3.63) is 24.3 Å². The molecule has 0 atom stereocenters. The van der Waals surface area contributed by atoms with Gasteiger partial charge in [0.15, 0.2) is 0 Å². The molecule has 1 aromatic carbocycles. The molecule has 0 aromatic heterocycles. The summed E-state index contributed by atoms with van der Waals surface area (Å²) < 4.78 is 0. The highest BCUT2D eigenvalue weighted by Gasteiger charge is 2.20. The minimum absolute atomic E-state index is 0.0302. The fourth-order valence-corrected chi connectivity index (χ4v) is 3.43. The second kappa shape index (κ2) is 8.34. The number of piperidine rings is 1. The Bertz CT molecular complexity index is 605. The van der Waals surface area contributed by atoms with E-state index in [0.717, 1.165) is 57.8 Å². The molecule has 2 N–H and O–H groups in total. The van der Waals surface area contributed by atoms with Crippen LogP contribution in [0.1, 0.15) is 32.6 Å². The maximum Gasteiger partial charge on any atom is 0.321 e. The molecular formula is C19H28N4O2. The number of urea groups is 1. The molecule has 0 saturated carbocycles. The average molecular weight is 344 g/mol. The van der Waals surface area contributed by atoms with Gasteiger partial charge in [0.05, 0.1) is 17.9 Å². The molecule has 0 aliphatic carbocycles. The number of carbonyl (C=O) groups excluding carboxylic acids is 2. The van der Waals surface area contributed by atoms with Crippen LogP contribution in [0, 0.1) is 5.92 Å². The van der Waals surface area contributed by atoms with Crippen molar-refractivity contribution in [2.45, 2.75) is 32.6 Å². The number of hydrogen-bond donors (Lipinski definition) is 2. The molecule has 0 spiro atoms. The first kappa shape index (κ1) is 17.7. The fraction of sp³-hybridized carbons (Fsp3) is 0.579. The highest BCUT2D eigenvalue weighted by Crippen LogP contribution is 2.22. The van der Waals surface area contributed by atoms with E-state index >= 15 is 0 Å². The van der Waals surface area contributed by atoms with Gasteiger partial charge in [0.1, 0.15) is 0 Å². The summed E-state index contributed by atoms with van der Waals surface area (Å²) >= 11 is 0. The Morgan fingerprint density at radius 1 is 1.00 bits per heavy atom. The van der Waals surface area contributed by atoms with Crippen molar-refractivity contribution in [2.24, 2.45) is 5.92 Å². The maximum atomic E-state index is 12.4. The Morgan fingerprint density at radius 2 is 1.60 bits per heavy atom. The number of para-hydroxylation sites is 2. The molecule has 0 radical (unpaired) electrons. The predicted octanol–water partition coefficient (Wildman–Crippen LogP) is 2.98. The summed E-state index contributed by atoms with van der Waals surface area (Å²) in [4.78, 5) is 28.7. The van der Waals surface area contributed by atoms with Gasteiger partial charge in [-0.25, -0.2) is 4.79 Å². The molecule has 6 nitrogen and oxygen atoms in total. The van der Waals surface area contributed by atoms with Crippen LogP contribution in [-0.4, -0.2) is 54.5 Å². The zero-order chi connectivity index (χ0) is 17.6. The van der Waals surface area contributed by atoms with Crippen molar-refractivity contribution in [1.82, 2.24) is 9.80 Å². The number of carbonyl (C=O) groups is 2. The topological polar surface area (TPSA) is 64.7 Å². The van der Waals surface area contributed by atoms with Gasteiger partial charge in [-0.15, -0.1) is 0 Å². The van der Waals surface area contributed by atoms with Gasteiger partial charge in [-0.1, -0.05) is 19.1 Å². The van der Waals surface area contributed by atoms with Gasteiger partial charge in [0.2, 0.25) is 5.91 Å². The van der Waals surface area contributed by atoms with Crippen LogP contribution in [0.3, 0.4) is 0 Å². The van der Waals surface area contributed by atoms with E-state index in [-0.39, 0.29) is 11.9 Å². The number of nitrogens with zero attached hydrogens (tertiary/aromatic N) is 2. The van der Waals surface area contributed by atoms with Gasteiger partial charge in [-0.3, -0.25) is 9.69 Å². The minimum atomic E-state index is -0.0933. The van der Waals surface area contributed by atoms with Crippen molar-refractivity contribution in [3.63, 3.8) is 0 Å². The normalized spacial score (nSPS) is 19.0. The van der Waals surface area contributed by atoms with E-state index in [9.17, 15) is 9.59 Å². The lowest BCUT2D eigenvalue weighted by atomic mass is 9.99. The SMILES string of the molecule is CC1CCN(CC(=O)Nc2ccccc2NC(=O)N2CCCC2)CC1. The first-order chi connectivity index (χ1) is 12.1. The maximum absolute atomic E-state index is 12.4. The number of hydrogen-bond acceptors (Lipinski definition) is 3. The van der Waals surface area contributed by atoms with Crippen LogP contribution in [0.5, 0.6) is 0 Å². The lowest BCUT2D eigenvalue weighted by Gasteiger charge is -2.29. The molecule has 2 saturated heterocycles. The molecule has 0 unspecified atom stereocenters. The molecule has 3 rings (SSSR count). The molecular weight excluding hydrogens is 316 g/mol. The third kappa shape index (κ3) is 4.95. The second-order valence-electron chi connectivity index (χ2n) is 7.18. The summed E-state index contributed by atoms with van der Waals surface area (Å²) in [6, 6.07) is 7.29. The molecule has 2 aliphatic heterocycles. The van der Waals surface area contributed by atoms with E-state index in [1.165, 1.54) is 0 Å². The lowest BCUT2D eigenvalue weighted by molar-refractivity contribution is -0.117. The second-order valence-corrected chi connectivity index (χ2v) is 7.18. The summed E-state index contributed by atoms with van der Waals surface area (Å²) in [7, 11) is 0. The van der Waals surface area contributed by atoms with Crippen molar-refractivity contribution in [3.8, 4) is 0 Å². The molecule has 2 fully saturated rings. The van der Waals surface area contributed by atoms with Gasteiger partial charge in [0.25, 0.3) is 0 Å². The monoisotopic (exact) mass is 344 g/mol. The van der Waals surface area contributed by atoms with E-state index in [1.807, 2.05) is 29.2 Å². The molecule has 0 bridgehead atoms. The average Bonchev–Trinajstić information content (AvgIpc) is 3.13. The Hall–Kier alpha value is -2.08. The summed E-state index contributed by atoms with van der Waals surface area (Å²) in [5, 5.41) is 5.88. The van der Waals surface area contributed by atoms with E-state index < -0.39 is 0 Å². The highest BCUT2D eigenvalue weighted by atomic mass is 16.2. The van der Waals surface area contributed by atoms with Crippen LogP contribution in [0.4, 0.5) is 16.2 Å². The van der Waals surface area contributed by atoms with Crippen LogP contribution in [-0.2, 0) is 4.79 Å². The van der Waals surface area contributed by atoms with Gasteiger partial charge in [-0.2, -0.15) is 0 Å².